The molecule has 15 heavy (non-hydrogen) atoms. The van der Waals surface area contributed by atoms with Gasteiger partial charge in [-0.1, -0.05) is 11.2 Å². The van der Waals surface area contributed by atoms with Crippen LogP contribution in [-0.2, 0) is 0 Å². The Morgan fingerprint density at radius 1 is 1.40 bits per heavy atom. The third kappa shape index (κ3) is 1.79. The number of aryl methyl sites for hydroxylation is 2. The molecule has 0 saturated carbocycles. The van der Waals surface area contributed by atoms with Crippen LogP contribution < -0.4 is 11.3 Å². The van der Waals surface area contributed by atoms with Crippen LogP contribution >= 0.6 is 0 Å². The summed E-state index contributed by atoms with van der Waals surface area (Å²) in [5.41, 5.74) is 5.07. The van der Waals surface area contributed by atoms with Crippen molar-refractivity contribution in [3.05, 3.63) is 23.4 Å². The van der Waals surface area contributed by atoms with Gasteiger partial charge in [-0.2, -0.15) is 4.98 Å². The van der Waals surface area contributed by atoms with E-state index in [1.165, 1.54) is 0 Å². The molecule has 0 bridgehead atoms. The lowest BCUT2D eigenvalue weighted by Crippen LogP contribution is -2.06. The van der Waals surface area contributed by atoms with Gasteiger partial charge >= 0.3 is 6.01 Å². The van der Waals surface area contributed by atoms with Crippen LogP contribution in [-0.4, -0.2) is 15.1 Å². The summed E-state index contributed by atoms with van der Waals surface area (Å²) in [7, 11) is 0. The summed E-state index contributed by atoms with van der Waals surface area (Å²) in [5.74, 6) is 5.57. The molecule has 0 aliphatic rings. The Bertz CT molecular complexity index is 479. The zero-order chi connectivity index (χ0) is 10.8. The molecular formula is C9H11N5O. The standard InChI is InChI=1S/C9H11N5O/c1-5-3-6(2)7(11-4-5)8-12-9(13-10)15-14-8/h3-4H,10H2,1-2H3,(H,12,13,14). The van der Waals surface area contributed by atoms with Gasteiger partial charge in [-0.15, -0.1) is 0 Å². The van der Waals surface area contributed by atoms with Crippen molar-refractivity contribution < 1.29 is 4.52 Å². The lowest BCUT2D eigenvalue weighted by Gasteiger charge is -1.99. The normalized spacial score (nSPS) is 10.3. The molecule has 6 heteroatoms. The first-order valence-corrected chi connectivity index (χ1v) is 4.44. The van der Waals surface area contributed by atoms with Gasteiger partial charge in [0.2, 0.25) is 5.82 Å². The van der Waals surface area contributed by atoms with Crippen LogP contribution in [0.25, 0.3) is 11.5 Å². The molecule has 6 nitrogen and oxygen atoms in total. The predicted molar refractivity (Wildman–Crippen MR) is 54.8 cm³/mol. The Hall–Kier alpha value is -1.95. The van der Waals surface area contributed by atoms with E-state index in [9.17, 15) is 0 Å². The van der Waals surface area contributed by atoms with Gasteiger partial charge in [-0.25, -0.2) is 5.84 Å². The number of hydrogen-bond donors (Lipinski definition) is 2. The third-order valence-electron chi connectivity index (χ3n) is 1.98. The molecule has 0 aliphatic heterocycles. The van der Waals surface area contributed by atoms with Crippen LogP contribution in [0.15, 0.2) is 16.8 Å². The number of hydrogen-bond acceptors (Lipinski definition) is 6. The van der Waals surface area contributed by atoms with E-state index in [1.54, 1.807) is 6.20 Å². The van der Waals surface area contributed by atoms with Crippen molar-refractivity contribution in [3.63, 3.8) is 0 Å². The SMILES string of the molecule is Cc1cnc(-c2noc(NN)n2)c(C)c1. The fourth-order valence-corrected chi connectivity index (χ4v) is 1.33. The average Bonchev–Trinajstić information content (AvgIpc) is 2.66. The van der Waals surface area contributed by atoms with Gasteiger partial charge in [0.15, 0.2) is 0 Å². The van der Waals surface area contributed by atoms with Gasteiger partial charge in [-0.05, 0) is 25.0 Å². The van der Waals surface area contributed by atoms with E-state index >= 15 is 0 Å². The van der Waals surface area contributed by atoms with E-state index < -0.39 is 0 Å². The van der Waals surface area contributed by atoms with Crippen molar-refractivity contribution in [2.75, 3.05) is 5.43 Å². The highest BCUT2D eigenvalue weighted by Crippen LogP contribution is 2.19. The van der Waals surface area contributed by atoms with Crippen LogP contribution in [0.5, 0.6) is 0 Å². The molecule has 0 fully saturated rings. The van der Waals surface area contributed by atoms with E-state index in [2.05, 4.69) is 20.6 Å². The molecule has 0 saturated heterocycles. The van der Waals surface area contributed by atoms with Crippen molar-refractivity contribution >= 4 is 6.01 Å². The summed E-state index contributed by atoms with van der Waals surface area (Å²) in [6.45, 7) is 3.92. The highest BCUT2D eigenvalue weighted by atomic mass is 16.5. The number of rotatable bonds is 2. The van der Waals surface area contributed by atoms with E-state index in [0.29, 0.717) is 11.5 Å². The predicted octanol–water partition coefficient (Wildman–Crippen LogP) is 1.03. The van der Waals surface area contributed by atoms with Crippen molar-refractivity contribution in [3.8, 4) is 11.5 Å². The maximum atomic E-state index is 5.14. The second-order valence-electron chi connectivity index (χ2n) is 3.25. The molecule has 0 radical (unpaired) electrons. The summed E-state index contributed by atoms with van der Waals surface area (Å²) >= 11 is 0. The third-order valence-corrected chi connectivity index (χ3v) is 1.98. The van der Waals surface area contributed by atoms with Crippen LogP contribution in [0.4, 0.5) is 6.01 Å². The monoisotopic (exact) mass is 205 g/mol. The van der Waals surface area contributed by atoms with Crippen molar-refractivity contribution in [2.45, 2.75) is 13.8 Å². The number of nitrogens with zero attached hydrogens (tertiary/aromatic N) is 3. The Labute approximate surface area is 86.5 Å². The molecule has 0 unspecified atom stereocenters. The zero-order valence-corrected chi connectivity index (χ0v) is 8.48. The molecule has 0 atom stereocenters. The highest BCUT2D eigenvalue weighted by Gasteiger charge is 2.11. The van der Waals surface area contributed by atoms with Gasteiger partial charge in [-0.3, -0.25) is 10.4 Å². The molecule has 2 heterocycles. The van der Waals surface area contributed by atoms with E-state index in [1.807, 2.05) is 19.9 Å². The molecule has 2 aromatic heterocycles. The Morgan fingerprint density at radius 3 is 2.80 bits per heavy atom. The van der Waals surface area contributed by atoms with Gasteiger partial charge in [0.1, 0.15) is 5.69 Å². The number of nitrogen functional groups attached to an aromatic ring is 1. The Kier molecular flexibility index (Phi) is 2.34. The average molecular weight is 205 g/mol. The molecule has 2 rings (SSSR count). The van der Waals surface area contributed by atoms with Gasteiger partial charge in [0, 0.05) is 6.20 Å². The quantitative estimate of drug-likeness (QED) is 0.562. The number of pyridine rings is 1. The van der Waals surface area contributed by atoms with Crippen molar-refractivity contribution in [2.24, 2.45) is 5.84 Å². The fourth-order valence-electron chi connectivity index (χ4n) is 1.33. The lowest BCUT2D eigenvalue weighted by molar-refractivity contribution is 0.432. The first kappa shape index (κ1) is 9.60. The largest absolute Gasteiger partial charge is 0.335 e. The van der Waals surface area contributed by atoms with Crippen molar-refractivity contribution in [1.82, 2.24) is 15.1 Å². The minimum atomic E-state index is 0.173. The van der Waals surface area contributed by atoms with Gasteiger partial charge in [0.05, 0.1) is 0 Å². The molecule has 0 aliphatic carbocycles. The van der Waals surface area contributed by atoms with Gasteiger partial charge in [0.25, 0.3) is 0 Å². The minimum Gasteiger partial charge on any atom is -0.314 e. The second-order valence-corrected chi connectivity index (χ2v) is 3.25. The highest BCUT2D eigenvalue weighted by molar-refractivity contribution is 5.55. The first-order valence-electron chi connectivity index (χ1n) is 4.44. The number of aromatic nitrogens is 3. The van der Waals surface area contributed by atoms with E-state index in [-0.39, 0.29) is 6.01 Å². The lowest BCUT2D eigenvalue weighted by atomic mass is 10.1. The van der Waals surface area contributed by atoms with Crippen LogP contribution in [0, 0.1) is 13.8 Å². The first-order chi connectivity index (χ1) is 7.20. The molecular weight excluding hydrogens is 194 g/mol. The summed E-state index contributed by atoms with van der Waals surface area (Å²) in [4.78, 5) is 8.26. The number of nitrogens with one attached hydrogen (secondary N) is 1. The van der Waals surface area contributed by atoms with E-state index in [4.69, 9.17) is 10.4 Å². The van der Waals surface area contributed by atoms with E-state index in [0.717, 1.165) is 11.1 Å². The maximum absolute atomic E-state index is 5.14. The molecule has 0 aromatic carbocycles. The summed E-state index contributed by atoms with van der Waals surface area (Å²) in [6.07, 6.45) is 1.76. The second kappa shape index (κ2) is 3.66. The van der Waals surface area contributed by atoms with Gasteiger partial charge < -0.3 is 4.52 Å². The number of anilines is 1. The number of hydrazine groups is 1. The molecule has 2 aromatic rings. The molecule has 0 amide bonds. The van der Waals surface area contributed by atoms with Crippen LogP contribution in [0.2, 0.25) is 0 Å². The maximum Gasteiger partial charge on any atom is 0.335 e. The van der Waals surface area contributed by atoms with Crippen LogP contribution in [0.1, 0.15) is 11.1 Å². The molecule has 0 spiro atoms. The fraction of sp³-hybridized carbons (Fsp3) is 0.222. The minimum absolute atomic E-state index is 0.173. The summed E-state index contributed by atoms with van der Waals surface area (Å²) < 4.78 is 4.82. The topological polar surface area (TPSA) is 89.9 Å². The Morgan fingerprint density at radius 2 is 2.20 bits per heavy atom. The smallest absolute Gasteiger partial charge is 0.314 e. The molecule has 78 valence electrons. The molecule has 3 N–H and O–H groups in total. The Balaban J connectivity index is 2.44. The van der Waals surface area contributed by atoms with Crippen molar-refractivity contribution in [1.29, 1.82) is 0 Å². The number of nitrogens with two attached hydrogens (primary N) is 1. The summed E-state index contributed by atoms with van der Waals surface area (Å²) in [6, 6.07) is 2.18. The zero-order valence-electron chi connectivity index (χ0n) is 8.48. The van der Waals surface area contributed by atoms with Crippen LogP contribution in [0.3, 0.4) is 0 Å². The summed E-state index contributed by atoms with van der Waals surface area (Å²) in [5, 5.41) is 3.76.